The van der Waals surface area contributed by atoms with Gasteiger partial charge in [-0.05, 0) is 30.7 Å². The van der Waals surface area contributed by atoms with Gasteiger partial charge in [-0.25, -0.2) is 4.98 Å². The molecular weight excluding hydrogens is 364 g/mol. The Balaban J connectivity index is 1.77. The normalized spacial score (nSPS) is 11.0. The van der Waals surface area contributed by atoms with Crippen LogP contribution in [0.4, 0.5) is 5.82 Å². The first kappa shape index (κ1) is 18.6. The van der Waals surface area contributed by atoms with Crippen LogP contribution < -0.4 is 16.8 Å². The highest BCUT2D eigenvalue weighted by atomic mass is 16.1. The Bertz CT molecular complexity index is 1180. The van der Waals surface area contributed by atoms with E-state index in [0.29, 0.717) is 30.4 Å². The number of carbonyl (C=O) groups excluding carboxylic acids is 1. The first-order valence-electron chi connectivity index (χ1n) is 9.33. The lowest BCUT2D eigenvalue weighted by Gasteiger charge is -2.13. The number of anilines is 1. The van der Waals surface area contributed by atoms with E-state index in [1.54, 1.807) is 18.3 Å². The first-order valence-corrected chi connectivity index (χ1v) is 9.33. The van der Waals surface area contributed by atoms with Crippen molar-refractivity contribution in [3.63, 3.8) is 0 Å². The average molecular weight is 386 g/mol. The SMILES string of the molecule is Cc1cc2c(C(N)=O)cccc2n1-c1ncc(CN)c(NCc2ccccc2)n1. The van der Waals surface area contributed by atoms with Gasteiger partial charge in [0.2, 0.25) is 11.9 Å². The summed E-state index contributed by atoms with van der Waals surface area (Å²) in [5.41, 5.74) is 15.6. The molecule has 7 heteroatoms. The molecule has 0 bridgehead atoms. The van der Waals surface area contributed by atoms with E-state index < -0.39 is 5.91 Å². The van der Waals surface area contributed by atoms with Gasteiger partial charge in [0.1, 0.15) is 5.82 Å². The molecule has 4 rings (SSSR count). The average Bonchev–Trinajstić information content (AvgIpc) is 3.08. The van der Waals surface area contributed by atoms with Crippen molar-refractivity contribution in [2.45, 2.75) is 20.0 Å². The van der Waals surface area contributed by atoms with E-state index in [1.807, 2.05) is 54.0 Å². The van der Waals surface area contributed by atoms with Crippen LogP contribution in [0, 0.1) is 6.92 Å². The van der Waals surface area contributed by atoms with Crippen molar-refractivity contribution in [2.75, 3.05) is 5.32 Å². The molecule has 0 saturated carbocycles. The van der Waals surface area contributed by atoms with Crippen LogP contribution in [0.3, 0.4) is 0 Å². The van der Waals surface area contributed by atoms with Crippen molar-refractivity contribution in [2.24, 2.45) is 11.5 Å². The van der Waals surface area contributed by atoms with Gasteiger partial charge in [0, 0.05) is 41.5 Å². The van der Waals surface area contributed by atoms with Gasteiger partial charge < -0.3 is 16.8 Å². The summed E-state index contributed by atoms with van der Waals surface area (Å²) in [6.07, 6.45) is 1.73. The van der Waals surface area contributed by atoms with Crippen molar-refractivity contribution >= 4 is 22.6 Å². The van der Waals surface area contributed by atoms with Crippen molar-refractivity contribution in [1.29, 1.82) is 0 Å². The Kier molecular flexibility index (Phi) is 4.97. The lowest BCUT2D eigenvalue weighted by atomic mass is 10.1. The third-order valence-electron chi connectivity index (χ3n) is 4.87. The van der Waals surface area contributed by atoms with Crippen molar-refractivity contribution < 1.29 is 4.79 Å². The summed E-state index contributed by atoms with van der Waals surface area (Å²) < 4.78 is 1.91. The number of benzene rings is 2. The predicted octanol–water partition coefficient (Wildman–Crippen LogP) is 2.90. The Labute approximate surface area is 168 Å². The number of nitrogens with two attached hydrogens (primary N) is 2. The molecule has 29 heavy (non-hydrogen) atoms. The molecule has 0 atom stereocenters. The zero-order valence-corrected chi connectivity index (χ0v) is 16.1. The van der Waals surface area contributed by atoms with Crippen LogP contribution in [0.5, 0.6) is 0 Å². The number of fused-ring (bicyclic) bond motifs is 1. The van der Waals surface area contributed by atoms with E-state index in [0.717, 1.165) is 27.7 Å². The van der Waals surface area contributed by atoms with Gasteiger partial charge >= 0.3 is 0 Å². The molecule has 4 aromatic rings. The summed E-state index contributed by atoms with van der Waals surface area (Å²) in [5, 5.41) is 4.14. The number of nitrogens with zero attached hydrogens (tertiary/aromatic N) is 3. The lowest BCUT2D eigenvalue weighted by molar-refractivity contribution is 0.100. The van der Waals surface area contributed by atoms with Gasteiger partial charge in [0.05, 0.1) is 5.52 Å². The van der Waals surface area contributed by atoms with E-state index in [-0.39, 0.29) is 0 Å². The molecule has 0 aliphatic rings. The molecule has 0 radical (unpaired) electrons. The van der Waals surface area contributed by atoms with E-state index in [9.17, 15) is 4.79 Å². The maximum atomic E-state index is 11.8. The van der Waals surface area contributed by atoms with Crippen LogP contribution in [0.25, 0.3) is 16.9 Å². The zero-order valence-electron chi connectivity index (χ0n) is 16.1. The number of hydrogen-bond acceptors (Lipinski definition) is 5. The van der Waals surface area contributed by atoms with Crippen molar-refractivity contribution in [1.82, 2.24) is 14.5 Å². The van der Waals surface area contributed by atoms with E-state index in [4.69, 9.17) is 16.5 Å². The number of hydrogen-bond donors (Lipinski definition) is 3. The fourth-order valence-electron chi connectivity index (χ4n) is 3.43. The summed E-state index contributed by atoms with van der Waals surface area (Å²) in [6, 6.07) is 17.5. The largest absolute Gasteiger partial charge is 0.366 e. The maximum Gasteiger partial charge on any atom is 0.249 e. The molecule has 0 fully saturated rings. The number of aryl methyl sites for hydroxylation is 1. The first-order chi connectivity index (χ1) is 14.1. The van der Waals surface area contributed by atoms with Gasteiger partial charge in [-0.15, -0.1) is 0 Å². The number of rotatable bonds is 6. The highest BCUT2D eigenvalue weighted by molar-refractivity contribution is 6.06. The molecule has 7 nitrogen and oxygen atoms in total. The minimum atomic E-state index is -0.461. The van der Waals surface area contributed by atoms with E-state index in [2.05, 4.69) is 10.3 Å². The fraction of sp³-hybridized carbons (Fsp3) is 0.136. The third-order valence-corrected chi connectivity index (χ3v) is 4.87. The standard InChI is InChI=1S/C22H22N6O/c1-14-10-18-17(20(24)29)8-5-9-19(18)28(14)22-26-13-16(11-23)21(27-22)25-12-15-6-3-2-4-7-15/h2-10,13H,11-12,23H2,1H3,(H2,24,29)(H,25,26,27). The number of aromatic nitrogens is 3. The van der Waals surface area contributed by atoms with E-state index in [1.165, 1.54) is 0 Å². The highest BCUT2D eigenvalue weighted by Crippen LogP contribution is 2.26. The molecule has 146 valence electrons. The van der Waals surface area contributed by atoms with Gasteiger partial charge in [0.25, 0.3) is 0 Å². The van der Waals surface area contributed by atoms with Crippen LogP contribution in [0.1, 0.15) is 27.2 Å². The van der Waals surface area contributed by atoms with Gasteiger partial charge in [0.15, 0.2) is 0 Å². The molecule has 2 heterocycles. The molecule has 5 N–H and O–H groups in total. The van der Waals surface area contributed by atoms with Gasteiger partial charge in [-0.1, -0.05) is 36.4 Å². The lowest BCUT2D eigenvalue weighted by Crippen LogP contribution is -2.12. The molecule has 0 spiro atoms. The van der Waals surface area contributed by atoms with Gasteiger partial charge in [-0.3, -0.25) is 9.36 Å². The Hall–Kier alpha value is -3.71. The number of nitrogens with one attached hydrogen (secondary N) is 1. The fourth-order valence-corrected chi connectivity index (χ4v) is 3.43. The van der Waals surface area contributed by atoms with Crippen LogP contribution in [0.15, 0.2) is 60.8 Å². The summed E-state index contributed by atoms with van der Waals surface area (Å²) >= 11 is 0. The second-order valence-electron chi connectivity index (χ2n) is 6.81. The predicted molar refractivity (Wildman–Crippen MR) is 114 cm³/mol. The summed E-state index contributed by atoms with van der Waals surface area (Å²) in [6.45, 7) is 2.90. The smallest absolute Gasteiger partial charge is 0.249 e. The molecule has 2 aromatic heterocycles. The van der Waals surface area contributed by atoms with Gasteiger partial charge in [-0.2, -0.15) is 4.98 Å². The molecule has 0 aliphatic carbocycles. The Morgan fingerprint density at radius 1 is 1.14 bits per heavy atom. The summed E-state index contributed by atoms with van der Waals surface area (Å²) in [4.78, 5) is 21.0. The van der Waals surface area contributed by atoms with Crippen LogP contribution in [-0.4, -0.2) is 20.4 Å². The highest BCUT2D eigenvalue weighted by Gasteiger charge is 2.16. The van der Waals surface area contributed by atoms with Crippen LogP contribution >= 0.6 is 0 Å². The molecule has 0 unspecified atom stereocenters. The summed E-state index contributed by atoms with van der Waals surface area (Å²) in [7, 11) is 0. The number of amides is 1. The quantitative estimate of drug-likeness (QED) is 0.472. The zero-order chi connectivity index (χ0) is 20.4. The molecule has 0 saturated heterocycles. The molecule has 1 amide bonds. The number of carbonyl (C=O) groups is 1. The Morgan fingerprint density at radius 3 is 2.66 bits per heavy atom. The van der Waals surface area contributed by atoms with Crippen molar-refractivity contribution in [3.05, 3.63) is 83.2 Å². The maximum absolute atomic E-state index is 11.8. The van der Waals surface area contributed by atoms with Crippen molar-refractivity contribution in [3.8, 4) is 5.95 Å². The minimum Gasteiger partial charge on any atom is -0.366 e. The second kappa shape index (κ2) is 7.73. The summed E-state index contributed by atoms with van der Waals surface area (Å²) in [5.74, 6) is 0.734. The topological polar surface area (TPSA) is 112 Å². The molecule has 2 aromatic carbocycles. The second-order valence-corrected chi connectivity index (χ2v) is 6.81. The molecule has 0 aliphatic heterocycles. The Morgan fingerprint density at radius 2 is 1.93 bits per heavy atom. The minimum absolute atomic E-state index is 0.328. The van der Waals surface area contributed by atoms with Crippen LogP contribution in [0.2, 0.25) is 0 Å². The third kappa shape index (κ3) is 3.55. The molecular formula is C22H22N6O. The monoisotopic (exact) mass is 386 g/mol. The van der Waals surface area contributed by atoms with E-state index >= 15 is 0 Å². The number of primary amides is 1. The van der Waals surface area contributed by atoms with Crippen LogP contribution in [-0.2, 0) is 13.1 Å².